The number of ketones is 1. The van der Waals surface area contributed by atoms with Gasteiger partial charge in [0.25, 0.3) is 11.7 Å². The summed E-state index contributed by atoms with van der Waals surface area (Å²) in [5.74, 6) is -1.63. The molecule has 1 amide bonds. The van der Waals surface area contributed by atoms with E-state index in [1.54, 1.807) is 19.9 Å². The molecule has 2 heterocycles. The molecule has 1 aliphatic heterocycles. The van der Waals surface area contributed by atoms with Crippen LogP contribution in [0.3, 0.4) is 0 Å². The van der Waals surface area contributed by atoms with Gasteiger partial charge in [-0.2, -0.15) is 18.3 Å². The Labute approximate surface area is 207 Å². The lowest BCUT2D eigenvalue weighted by Gasteiger charge is -2.34. The molecular weight excluding hydrogens is 471 g/mol. The zero-order valence-electron chi connectivity index (χ0n) is 20.6. The van der Waals surface area contributed by atoms with Gasteiger partial charge in [0.2, 0.25) is 0 Å². The molecule has 7 nitrogen and oxygen atoms in total. The minimum absolute atomic E-state index is 0.0663. The van der Waals surface area contributed by atoms with Crippen molar-refractivity contribution in [3.63, 3.8) is 0 Å². The van der Waals surface area contributed by atoms with Crippen LogP contribution in [0, 0.1) is 20.8 Å². The molecule has 0 spiro atoms. The first kappa shape index (κ1) is 25.4. The number of halogens is 3. The minimum atomic E-state index is -4.51. The number of rotatable bonds is 5. The SMILES string of the molecule is Cc1cc(N2CCN(C)CC2)ccc1NC(=O)C(=O)c1c(C)nn(-c2cccc(C(F)(F)F)c2)c1C. The van der Waals surface area contributed by atoms with Gasteiger partial charge in [0.15, 0.2) is 0 Å². The summed E-state index contributed by atoms with van der Waals surface area (Å²) in [6.45, 7) is 8.73. The highest BCUT2D eigenvalue weighted by molar-refractivity contribution is 6.47. The topological polar surface area (TPSA) is 70.5 Å². The molecule has 2 aromatic carbocycles. The Morgan fingerprint density at radius 3 is 2.28 bits per heavy atom. The lowest BCUT2D eigenvalue weighted by Crippen LogP contribution is -2.44. The highest BCUT2D eigenvalue weighted by atomic mass is 19.4. The summed E-state index contributed by atoms with van der Waals surface area (Å²) in [5.41, 5.74) is 2.33. The van der Waals surface area contributed by atoms with Crippen LogP contribution in [0.1, 0.15) is 32.9 Å². The lowest BCUT2D eigenvalue weighted by molar-refractivity contribution is -0.137. The Hall–Kier alpha value is -3.66. The molecule has 1 saturated heterocycles. The number of amides is 1. The van der Waals surface area contributed by atoms with E-state index in [1.165, 1.54) is 16.8 Å². The number of aromatic nitrogens is 2. The predicted molar refractivity (Wildman–Crippen MR) is 132 cm³/mol. The molecular formula is C26H28F3N5O2. The van der Waals surface area contributed by atoms with Crippen LogP contribution in [0.2, 0.25) is 0 Å². The zero-order valence-corrected chi connectivity index (χ0v) is 20.6. The second-order valence-corrected chi connectivity index (χ2v) is 9.08. The van der Waals surface area contributed by atoms with Gasteiger partial charge in [-0.1, -0.05) is 6.07 Å². The third kappa shape index (κ3) is 5.13. The number of Topliss-reactive ketones (excluding diaryl/α,β-unsaturated/α-hetero) is 1. The van der Waals surface area contributed by atoms with E-state index in [1.807, 2.05) is 19.1 Å². The minimum Gasteiger partial charge on any atom is -0.369 e. The number of piperazine rings is 1. The van der Waals surface area contributed by atoms with E-state index in [-0.39, 0.29) is 22.6 Å². The number of nitrogens with one attached hydrogen (secondary N) is 1. The lowest BCUT2D eigenvalue weighted by atomic mass is 10.1. The van der Waals surface area contributed by atoms with Gasteiger partial charge in [0.1, 0.15) is 0 Å². The number of carbonyl (C=O) groups excluding carboxylic acids is 2. The van der Waals surface area contributed by atoms with E-state index in [0.29, 0.717) is 5.69 Å². The fraction of sp³-hybridized carbons (Fsp3) is 0.346. The predicted octanol–water partition coefficient (Wildman–Crippen LogP) is 4.39. The second kappa shape index (κ2) is 9.77. The van der Waals surface area contributed by atoms with Crippen molar-refractivity contribution in [3.8, 4) is 5.69 Å². The summed E-state index contributed by atoms with van der Waals surface area (Å²) >= 11 is 0. The van der Waals surface area contributed by atoms with Gasteiger partial charge < -0.3 is 15.1 Å². The molecule has 1 aliphatic rings. The highest BCUT2D eigenvalue weighted by Crippen LogP contribution is 2.31. The van der Waals surface area contributed by atoms with E-state index in [4.69, 9.17) is 0 Å². The van der Waals surface area contributed by atoms with E-state index >= 15 is 0 Å². The number of alkyl halides is 3. The molecule has 0 radical (unpaired) electrons. The Kier molecular flexibility index (Phi) is 6.90. The van der Waals surface area contributed by atoms with Crippen molar-refractivity contribution in [1.82, 2.24) is 14.7 Å². The van der Waals surface area contributed by atoms with Crippen LogP contribution in [-0.2, 0) is 11.0 Å². The first-order valence-electron chi connectivity index (χ1n) is 11.6. The summed E-state index contributed by atoms with van der Waals surface area (Å²) < 4.78 is 40.7. The number of nitrogens with zero attached hydrogens (tertiary/aromatic N) is 4. The largest absolute Gasteiger partial charge is 0.416 e. The van der Waals surface area contributed by atoms with E-state index in [9.17, 15) is 22.8 Å². The van der Waals surface area contributed by atoms with Crippen LogP contribution >= 0.6 is 0 Å². The molecule has 4 rings (SSSR count). The van der Waals surface area contributed by atoms with Crippen LogP contribution in [0.5, 0.6) is 0 Å². The first-order valence-corrected chi connectivity index (χ1v) is 11.6. The third-order valence-corrected chi connectivity index (χ3v) is 6.47. The van der Waals surface area contributed by atoms with Crippen molar-refractivity contribution >= 4 is 23.1 Å². The molecule has 190 valence electrons. The molecule has 36 heavy (non-hydrogen) atoms. The molecule has 1 fully saturated rings. The van der Waals surface area contributed by atoms with Crippen molar-refractivity contribution in [2.45, 2.75) is 26.9 Å². The Balaban J connectivity index is 1.53. The molecule has 0 unspecified atom stereocenters. The van der Waals surface area contributed by atoms with E-state index in [2.05, 4.69) is 27.3 Å². The smallest absolute Gasteiger partial charge is 0.369 e. The molecule has 3 aromatic rings. The summed E-state index contributed by atoms with van der Waals surface area (Å²) in [7, 11) is 2.09. The molecule has 0 atom stereocenters. The van der Waals surface area contributed by atoms with Gasteiger partial charge in [-0.05, 0) is 69.8 Å². The van der Waals surface area contributed by atoms with Gasteiger partial charge >= 0.3 is 6.18 Å². The van der Waals surface area contributed by atoms with Gasteiger partial charge in [-0.3, -0.25) is 9.59 Å². The standard InChI is InChI=1S/C26H28F3N5O2/c1-16-14-20(33-12-10-32(4)11-13-33)8-9-22(16)30-25(36)24(35)23-17(2)31-34(18(23)3)21-7-5-6-19(15-21)26(27,28)29/h5-9,14-15H,10-13H2,1-4H3,(H,30,36). The number of hydrogen-bond donors (Lipinski definition) is 1. The molecule has 10 heteroatoms. The number of aryl methyl sites for hydroxylation is 2. The first-order chi connectivity index (χ1) is 17.0. The van der Waals surface area contributed by atoms with Crippen LogP contribution < -0.4 is 10.2 Å². The van der Waals surface area contributed by atoms with Crippen molar-refractivity contribution in [1.29, 1.82) is 0 Å². The summed E-state index contributed by atoms with van der Waals surface area (Å²) in [6, 6.07) is 10.3. The number of hydrogen-bond acceptors (Lipinski definition) is 5. The zero-order chi connectivity index (χ0) is 26.2. The van der Waals surface area contributed by atoms with E-state index < -0.39 is 23.4 Å². The maximum atomic E-state index is 13.1. The highest BCUT2D eigenvalue weighted by Gasteiger charge is 2.31. The molecule has 1 N–H and O–H groups in total. The molecule has 0 aliphatic carbocycles. The fourth-order valence-corrected chi connectivity index (χ4v) is 4.38. The van der Waals surface area contributed by atoms with Crippen molar-refractivity contribution < 1.29 is 22.8 Å². The maximum Gasteiger partial charge on any atom is 0.416 e. The van der Waals surface area contributed by atoms with Gasteiger partial charge in [-0.15, -0.1) is 0 Å². The van der Waals surface area contributed by atoms with Gasteiger partial charge in [0, 0.05) is 37.6 Å². The summed E-state index contributed by atoms with van der Waals surface area (Å²) in [6.07, 6.45) is -4.51. The van der Waals surface area contributed by atoms with Crippen LogP contribution in [0.15, 0.2) is 42.5 Å². The molecule has 1 aromatic heterocycles. The number of likely N-dealkylation sites (N-methyl/N-ethyl adjacent to an activating group) is 1. The van der Waals surface area contributed by atoms with Crippen LogP contribution in [0.4, 0.5) is 24.5 Å². The Morgan fingerprint density at radius 1 is 0.944 bits per heavy atom. The summed E-state index contributed by atoms with van der Waals surface area (Å²) in [5, 5.41) is 6.92. The molecule has 0 bridgehead atoms. The van der Waals surface area contributed by atoms with Crippen molar-refractivity contribution in [2.75, 3.05) is 43.4 Å². The van der Waals surface area contributed by atoms with Crippen molar-refractivity contribution in [3.05, 3.63) is 70.5 Å². The number of anilines is 2. The monoisotopic (exact) mass is 499 g/mol. The average Bonchev–Trinajstić information content (AvgIpc) is 3.13. The average molecular weight is 500 g/mol. The maximum absolute atomic E-state index is 13.1. The number of carbonyl (C=O) groups is 2. The Morgan fingerprint density at radius 2 is 1.64 bits per heavy atom. The third-order valence-electron chi connectivity index (χ3n) is 6.47. The van der Waals surface area contributed by atoms with Gasteiger partial charge in [0.05, 0.1) is 28.2 Å². The van der Waals surface area contributed by atoms with Crippen LogP contribution in [-0.4, -0.2) is 59.6 Å². The van der Waals surface area contributed by atoms with Gasteiger partial charge in [-0.25, -0.2) is 4.68 Å². The quantitative estimate of drug-likeness (QED) is 0.417. The second-order valence-electron chi connectivity index (χ2n) is 9.08. The normalized spacial score (nSPS) is 14.7. The number of benzene rings is 2. The molecule has 0 saturated carbocycles. The van der Waals surface area contributed by atoms with E-state index in [0.717, 1.165) is 49.6 Å². The summed E-state index contributed by atoms with van der Waals surface area (Å²) in [4.78, 5) is 30.5. The van der Waals surface area contributed by atoms with Crippen LogP contribution in [0.25, 0.3) is 5.69 Å². The van der Waals surface area contributed by atoms with Crippen molar-refractivity contribution in [2.24, 2.45) is 0 Å². The Bertz CT molecular complexity index is 1310. The fourth-order valence-electron chi connectivity index (χ4n) is 4.38.